The van der Waals surface area contributed by atoms with Crippen LogP contribution < -0.4 is 56.5 Å². The number of carbonyl (C=O) groups is 1. The molecule has 4 heteroatoms. The summed E-state index contributed by atoms with van der Waals surface area (Å²) in [7, 11) is 2.06. The molecule has 64 valence electrons. The van der Waals surface area contributed by atoms with Gasteiger partial charge in [-0.3, -0.25) is 0 Å². The molecule has 1 aliphatic rings. The van der Waals surface area contributed by atoms with E-state index in [2.05, 4.69) is 11.9 Å². The average Bonchev–Trinajstić information content (AvgIpc) is 1.93. The van der Waals surface area contributed by atoms with Gasteiger partial charge < -0.3 is 14.8 Å². The summed E-state index contributed by atoms with van der Waals surface area (Å²) < 4.78 is 0. The molecule has 0 spiro atoms. The summed E-state index contributed by atoms with van der Waals surface area (Å²) in [6.45, 7) is 2.05. The van der Waals surface area contributed by atoms with Crippen molar-refractivity contribution in [1.29, 1.82) is 0 Å². The predicted molar refractivity (Wildman–Crippen MR) is 39.8 cm³/mol. The van der Waals surface area contributed by atoms with Crippen LogP contribution in [0.1, 0.15) is 19.3 Å². The van der Waals surface area contributed by atoms with Gasteiger partial charge in [0.1, 0.15) is 0 Å². The maximum Gasteiger partial charge on any atom is 1.00 e. The van der Waals surface area contributed by atoms with Gasteiger partial charge in [-0.05, 0) is 45.3 Å². The summed E-state index contributed by atoms with van der Waals surface area (Å²) in [5.74, 6) is -0.546. The molecular weight excluding hydrogens is 181 g/mol. The molecule has 12 heavy (non-hydrogen) atoms. The van der Waals surface area contributed by atoms with Gasteiger partial charge in [-0.15, -0.1) is 0 Å². The number of nitrogens with zero attached hydrogens (tertiary/aromatic N) is 1. The molecule has 0 bridgehead atoms. The normalized spacial score (nSPS) is 20.1. The number of aliphatic carboxylic acids is 1. The molecular formula is C8H14KNO2. The molecule has 3 nitrogen and oxygen atoms in total. The van der Waals surface area contributed by atoms with E-state index in [1.54, 1.807) is 0 Å². The van der Waals surface area contributed by atoms with Gasteiger partial charge in [0, 0.05) is 5.97 Å². The van der Waals surface area contributed by atoms with Crippen molar-refractivity contribution in [2.24, 2.45) is 5.92 Å². The van der Waals surface area contributed by atoms with Gasteiger partial charge in [-0.1, -0.05) is 0 Å². The molecule has 1 heterocycles. The first-order valence-electron chi connectivity index (χ1n) is 4.07. The summed E-state index contributed by atoms with van der Waals surface area (Å²) in [5, 5.41) is 10.2. The molecule has 0 unspecified atom stereocenters. The first-order valence-corrected chi connectivity index (χ1v) is 4.07. The Kier molecular flexibility index (Phi) is 7.09. The zero-order valence-corrected chi connectivity index (χ0v) is 11.0. The standard InChI is InChI=1S/C8H15NO2.K/c1-9-4-2-7(3-5-9)6-8(10)11;/h7H,2-6H2,1H3,(H,10,11);/q;+1/p-1. The number of hydrogen-bond donors (Lipinski definition) is 0. The molecule has 0 atom stereocenters. The van der Waals surface area contributed by atoms with Crippen LogP contribution in [0.3, 0.4) is 0 Å². The molecule has 0 N–H and O–H groups in total. The number of piperidine rings is 1. The summed E-state index contributed by atoms with van der Waals surface area (Å²) >= 11 is 0. The zero-order valence-electron chi connectivity index (χ0n) is 7.88. The van der Waals surface area contributed by atoms with E-state index in [-0.39, 0.29) is 57.8 Å². The van der Waals surface area contributed by atoms with E-state index in [4.69, 9.17) is 0 Å². The number of carboxylic acid groups (broad SMARTS) is 1. The largest absolute Gasteiger partial charge is 1.00 e. The molecule has 1 aliphatic heterocycles. The fourth-order valence-corrected chi connectivity index (χ4v) is 1.50. The molecule has 0 radical (unpaired) electrons. The van der Waals surface area contributed by atoms with Crippen LogP contribution in [0.15, 0.2) is 0 Å². The van der Waals surface area contributed by atoms with Crippen molar-refractivity contribution in [2.75, 3.05) is 20.1 Å². The predicted octanol–water partition coefficient (Wildman–Crippen LogP) is -3.53. The summed E-state index contributed by atoms with van der Waals surface area (Å²) in [4.78, 5) is 12.5. The van der Waals surface area contributed by atoms with Gasteiger partial charge in [0.2, 0.25) is 0 Å². The van der Waals surface area contributed by atoms with Gasteiger partial charge in [0.25, 0.3) is 0 Å². The second kappa shape index (κ2) is 6.51. The van der Waals surface area contributed by atoms with E-state index >= 15 is 0 Å². The van der Waals surface area contributed by atoms with E-state index in [1.165, 1.54) is 0 Å². The maximum absolute atomic E-state index is 10.2. The van der Waals surface area contributed by atoms with Crippen molar-refractivity contribution in [3.63, 3.8) is 0 Å². The van der Waals surface area contributed by atoms with Crippen LogP contribution in [-0.2, 0) is 4.79 Å². The number of likely N-dealkylation sites (tertiary alicyclic amines) is 1. The van der Waals surface area contributed by atoms with Crippen LogP contribution >= 0.6 is 0 Å². The van der Waals surface area contributed by atoms with E-state index < -0.39 is 5.97 Å². The quantitative estimate of drug-likeness (QED) is 0.429. The van der Waals surface area contributed by atoms with Crippen LogP contribution in [0.4, 0.5) is 0 Å². The Morgan fingerprint density at radius 3 is 2.42 bits per heavy atom. The Labute approximate surface area is 116 Å². The van der Waals surface area contributed by atoms with E-state index in [0.29, 0.717) is 5.92 Å². The monoisotopic (exact) mass is 195 g/mol. The third kappa shape index (κ3) is 4.94. The number of rotatable bonds is 2. The van der Waals surface area contributed by atoms with Crippen molar-refractivity contribution < 1.29 is 61.3 Å². The van der Waals surface area contributed by atoms with Gasteiger partial charge in [-0.25, -0.2) is 0 Å². The third-order valence-electron chi connectivity index (χ3n) is 2.29. The first-order chi connectivity index (χ1) is 5.18. The minimum absolute atomic E-state index is 0. The van der Waals surface area contributed by atoms with Crippen LogP contribution in [0.5, 0.6) is 0 Å². The average molecular weight is 195 g/mol. The molecule has 0 amide bonds. The molecule has 1 rings (SSSR count). The Morgan fingerprint density at radius 1 is 1.50 bits per heavy atom. The van der Waals surface area contributed by atoms with Gasteiger partial charge in [0.05, 0.1) is 0 Å². The molecule has 0 aromatic carbocycles. The van der Waals surface area contributed by atoms with Crippen LogP contribution in [0.25, 0.3) is 0 Å². The van der Waals surface area contributed by atoms with Crippen LogP contribution in [-0.4, -0.2) is 31.0 Å². The zero-order chi connectivity index (χ0) is 8.27. The smallest absolute Gasteiger partial charge is 0.550 e. The van der Waals surface area contributed by atoms with Crippen LogP contribution in [0.2, 0.25) is 0 Å². The van der Waals surface area contributed by atoms with Crippen molar-refractivity contribution in [1.82, 2.24) is 4.90 Å². The van der Waals surface area contributed by atoms with E-state index in [9.17, 15) is 9.90 Å². The second-order valence-corrected chi connectivity index (χ2v) is 3.32. The summed E-state index contributed by atoms with van der Waals surface area (Å²) in [5.41, 5.74) is 0. The Bertz CT molecular complexity index is 144. The Morgan fingerprint density at radius 2 is 2.00 bits per heavy atom. The fraction of sp³-hybridized carbons (Fsp3) is 0.875. The molecule has 1 fully saturated rings. The van der Waals surface area contributed by atoms with E-state index in [1.807, 2.05) is 0 Å². The molecule has 0 saturated carbocycles. The molecule has 0 aromatic heterocycles. The second-order valence-electron chi connectivity index (χ2n) is 3.32. The minimum Gasteiger partial charge on any atom is -0.550 e. The van der Waals surface area contributed by atoms with Crippen molar-refractivity contribution in [3.8, 4) is 0 Å². The maximum atomic E-state index is 10.2. The van der Waals surface area contributed by atoms with Crippen molar-refractivity contribution in [2.45, 2.75) is 19.3 Å². The number of carboxylic acids is 1. The van der Waals surface area contributed by atoms with Crippen LogP contribution in [0, 0.1) is 5.92 Å². The van der Waals surface area contributed by atoms with Crippen molar-refractivity contribution in [3.05, 3.63) is 0 Å². The molecule has 1 saturated heterocycles. The summed E-state index contributed by atoms with van der Waals surface area (Å²) in [6, 6.07) is 0. The SMILES string of the molecule is CN1CCC(CC(=O)[O-])CC1.[K+]. The number of carbonyl (C=O) groups excluding carboxylic acids is 1. The minimum atomic E-state index is -0.903. The molecule has 0 aliphatic carbocycles. The van der Waals surface area contributed by atoms with E-state index in [0.717, 1.165) is 25.9 Å². The Balaban J connectivity index is 0.00000121. The van der Waals surface area contributed by atoms with Crippen molar-refractivity contribution >= 4 is 5.97 Å². The van der Waals surface area contributed by atoms with Gasteiger partial charge in [-0.2, -0.15) is 0 Å². The fourth-order valence-electron chi connectivity index (χ4n) is 1.50. The van der Waals surface area contributed by atoms with Gasteiger partial charge in [0.15, 0.2) is 0 Å². The third-order valence-corrected chi connectivity index (χ3v) is 2.29. The first kappa shape index (κ1) is 13.1. The molecule has 0 aromatic rings. The number of hydrogen-bond acceptors (Lipinski definition) is 3. The summed E-state index contributed by atoms with van der Waals surface area (Å²) in [6.07, 6.45) is 2.25. The Hall–Kier alpha value is 1.07. The van der Waals surface area contributed by atoms with Gasteiger partial charge >= 0.3 is 51.4 Å². The topological polar surface area (TPSA) is 43.4 Å².